The summed E-state index contributed by atoms with van der Waals surface area (Å²) in [5.41, 5.74) is 1.36. The largest absolute Gasteiger partial charge is 0.280 e. The maximum Gasteiger partial charge on any atom is 0.263 e. The van der Waals surface area contributed by atoms with Crippen molar-refractivity contribution in [1.82, 2.24) is 4.98 Å². The van der Waals surface area contributed by atoms with Crippen LogP contribution in [0.1, 0.15) is 13.8 Å². The Bertz CT molecular complexity index is 984. The van der Waals surface area contributed by atoms with Crippen LogP contribution >= 0.6 is 34.7 Å². The van der Waals surface area contributed by atoms with Crippen molar-refractivity contribution in [3.8, 4) is 0 Å². The van der Waals surface area contributed by atoms with Crippen molar-refractivity contribution in [2.24, 2.45) is 0 Å². The molecule has 2 aromatic carbocycles. The number of halogens is 1. The van der Waals surface area contributed by atoms with Crippen LogP contribution in [0.4, 0.5) is 5.69 Å². The highest BCUT2D eigenvalue weighted by atomic mass is 35.5. The molecule has 4 nitrogen and oxygen atoms in total. The number of aromatic nitrogens is 1. The van der Waals surface area contributed by atoms with E-state index in [1.807, 2.05) is 6.07 Å². The van der Waals surface area contributed by atoms with Gasteiger partial charge in [0.15, 0.2) is 4.34 Å². The van der Waals surface area contributed by atoms with Gasteiger partial charge in [0.05, 0.1) is 20.9 Å². The molecule has 8 heteroatoms. The first-order chi connectivity index (χ1) is 11.3. The van der Waals surface area contributed by atoms with E-state index in [4.69, 9.17) is 11.6 Å². The fraction of sp³-hybridized carbons (Fsp3) is 0.188. The molecule has 3 aromatic rings. The van der Waals surface area contributed by atoms with Crippen LogP contribution < -0.4 is 4.72 Å². The smallest absolute Gasteiger partial charge is 0.263 e. The number of nitrogens with zero attached hydrogens (tertiary/aromatic N) is 1. The summed E-state index contributed by atoms with van der Waals surface area (Å²) in [6.07, 6.45) is 0. The minimum Gasteiger partial charge on any atom is -0.280 e. The van der Waals surface area contributed by atoms with Gasteiger partial charge in [0.1, 0.15) is 4.90 Å². The molecule has 1 N–H and O–H groups in total. The molecule has 0 unspecified atom stereocenters. The number of hydrogen-bond acceptors (Lipinski definition) is 5. The molecule has 0 aliphatic rings. The molecule has 1 aromatic heterocycles. The molecule has 0 aliphatic carbocycles. The highest BCUT2D eigenvalue weighted by Gasteiger charge is 2.18. The third-order valence-corrected chi connectivity index (χ3v) is 7.08. The van der Waals surface area contributed by atoms with Crippen LogP contribution in [0.3, 0.4) is 0 Å². The Labute approximate surface area is 154 Å². The third kappa shape index (κ3) is 3.85. The molecule has 0 aliphatic heterocycles. The minimum atomic E-state index is -3.73. The molecule has 0 atom stereocenters. The Balaban J connectivity index is 1.91. The summed E-state index contributed by atoms with van der Waals surface area (Å²) in [4.78, 5) is 4.61. The molecule has 0 saturated carbocycles. The molecular formula is C16H15ClN2O2S3. The number of nitrogens with one attached hydrogen (secondary N) is 1. The predicted molar refractivity (Wildman–Crippen MR) is 103 cm³/mol. The van der Waals surface area contributed by atoms with Gasteiger partial charge in [-0.1, -0.05) is 49.3 Å². The molecule has 24 heavy (non-hydrogen) atoms. The van der Waals surface area contributed by atoms with Gasteiger partial charge >= 0.3 is 0 Å². The SMILES string of the molecule is CC(C)Sc1nc2ccc(NS(=O)(=O)c3ccccc3Cl)cc2s1. The second kappa shape index (κ2) is 6.92. The number of sulfonamides is 1. The molecular weight excluding hydrogens is 384 g/mol. The standard InChI is InChI=1S/C16H15ClN2O2S3/c1-10(2)22-16-18-13-8-7-11(9-14(13)23-16)19-24(20,21)15-6-4-3-5-12(15)17/h3-10,19H,1-2H3. The Morgan fingerprint density at radius 3 is 2.67 bits per heavy atom. The summed E-state index contributed by atoms with van der Waals surface area (Å²) in [5.74, 6) is 0. The number of thioether (sulfide) groups is 1. The zero-order valence-electron chi connectivity index (χ0n) is 13.0. The zero-order chi connectivity index (χ0) is 17.3. The quantitative estimate of drug-likeness (QED) is 0.596. The third-order valence-electron chi connectivity index (χ3n) is 3.08. The number of hydrogen-bond donors (Lipinski definition) is 1. The van der Waals surface area contributed by atoms with Crippen LogP contribution in [0, 0.1) is 0 Å². The maximum absolute atomic E-state index is 12.5. The fourth-order valence-corrected chi connectivity index (χ4v) is 5.99. The Hall–Kier alpha value is -1.28. The van der Waals surface area contributed by atoms with Crippen molar-refractivity contribution in [3.63, 3.8) is 0 Å². The molecule has 126 valence electrons. The van der Waals surface area contributed by atoms with Crippen molar-refractivity contribution in [1.29, 1.82) is 0 Å². The molecule has 0 saturated heterocycles. The van der Waals surface area contributed by atoms with Gasteiger partial charge in [0.2, 0.25) is 0 Å². The summed E-state index contributed by atoms with van der Waals surface area (Å²) in [6, 6.07) is 11.7. The number of benzene rings is 2. The van der Waals surface area contributed by atoms with Gasteiger partial charge in [-0.15, -0.1) is 11.3 Å². The lowest BCUT2D eigenvalue weighted by molar-refractivity contribution is 0.601. The zero-order valence-corrected chi connectivity index (χ0v) is 16.2. The van der Waals surface area contributed by atoms with Crippen molar-refractivity contribution in [3.05, 3.63) is 47.5 Å². The molecule has 0 radical (unpaired) electrons. The van der Waals surface area contributed by atoms with Crippen LogP contribution in [-0.2, 0) is 10.0 Å². The Morgan fingerprint density at radius 1 is 1.21 bits per heavy atom. The average molecular weight is 399 g/mol. The number of anilines is 1. The van der Waals surface area contributed by atoms with Crippen molar-refractivity contribution >= 4 is 60.6 Å². The summed E-state index contributed by atoms with van der Waals surface area (Å²) < 4.78 is 29.5. The normalized spacial score (nSPS) is 12.0. The first kappa shape index (κ1) is 17.5. The van der Waals surface area contributed by atoms with E-state index in [-0.39, 0.29) is 9.92 Å². The Morgan fingerprint density at radius 2 is 1.96 bits per heavy atom. The lowest BCUT2D eigenvalue weighted by Crippen LogP contribution is -2.13. The van der Waals surface area contributed by atoms with E-state index in [1.165, 1.54) is 6.07 Å². The molecule has 1 heterocycles. The van der Waals surface area contributed by atoms with Crippen molar-refractivity contribution in [2.75, 3.05) is 4.72 Å². The Kier molecular flexibility index (Phi) is 5.05. The molecule has 3 rings (SSSR count). The molecule has 0 fully saturated rings. The van der Waals surface area contributed by atoms with Crippen LogP contribution in [-0.4, -0.2) is 18.7 Å². The monoisotopic (exact) mass is 398 g/mol. The van der Waals surface area contributed by atoms with Gasteiger partial charge in [0, 0.05) is 5.25 Å². The number of fused-ring (bicyclic) bond motifs is 1. The van der Waals surface area contributed by atoms with E-state index in [1.54, 1.807) is 53.4 Å². The minimum absolute atomic E-state index is 0.0621. The summed E-state index contributed by atoms with van der Waals surface area (Å²) in [6.45, 7) is 4.22. The highest BCUT2D eigenvalue weighted by molar-refractivity contribution is 8.01. The molecule has 0 spiro atoms. The van der Waals surface area contributed by atoms with E-state index in [0.717, 1.165) is 14.6 Å². The lowest BCUT2D eigenvalue weighted by Gasteiger charge is -2.09. The van der Waals surface area contributed by atoms with Gasteiger partial charge in [-0.25, -0.2) is 13.4 Å². The lowest BCUT2D eigenvalue weighted by atomic mass is 10.3. The van der Waals surface area contributed by atoms with E-state index >= 15 is 0 Å². The maximum atomic E-state index is 12.5. The van der Waals surface area contributed by atoms with E-state index in [0.29, 0.717) is 10.9 Å². The number of thiazole rings is 1. The van der Waals surface area contributed by atoms with Crippen LogP contribution in [0.15, 0.2) is 51.7 Å². The molecule has 0 amide bonds. The predicted octanol–water partition coefficient (Wildman–Crippen LogP) is 5.25. The highest BCUT2D eigenvalue weighted by Crippen LogP contribution is 2.33. The van der Waals surface area contributed by atoms with E-state index < -0.39 is 10.0 Å². The second-order valence-electron chi connectivity index (χ2n) is 5.36. The average Bonchev–Trinajstić information content (AvgIpc) is 2.87. The summed E-state index contributed by atoms with van der Waals surface area (Å²) >= 11 is 9.24. The van der Waals surface area contributed by atoms with Gasteiger partial charge < -0.3 is 0 Å². The molecule has 0 bridgehead atoms. The van der Waals surface area contributed by atoms with Crippen molar-refractivity contribution in [2.45, 2.75) is 28.3 Å². The van der Waals surface area contributed by atoms with Crippen LogP contribution in [0.5, 0.6) is 0 Å². The fourth-order valence-electron chi connectivity index (χ4n) is 2.09. The van der Waals surface area contributed by atoms with Gasteiger partial charge in [-0.05, 0) is 30.3 Å². The summed E-state index contributed by atoms with van der Waals surface area (Å²) in [7, 11) is -3.73. The number of rotatable bonds is 5. The first-order valence-electron chi connectivity index (χ1n) is 7.20. The summed E-state index contributed by atoms with van der Waals surface area (Å²) in [5, 5.41) is 0.642. The topological polar surface area (TPSA) is 59.1 Å². The second-order valence-corrected chi connectivity index (χ2v) is 10.3. The van der Waals surface area contributed by atoms with Crippen LogP contribution in [0.2, 0.25) is 5.02 Å². The van der Waals surface area contributed by atoms with Gasteiger partial charge in [0.25, 0.3) is 10.0 Å². The van der Waals surface area contributed by atoms with Gasteiger partial charge in [-0.3, -0.25) is 4.72 Å². The van der Waals surface area contributed by atoms with E-state index in [9.17, 15) is 8.42 Å². The van der Waals surface area contributed by atoms with Crippen LogP contribution in [0.25, 0.3) is 10.2 Å². The van der Waals surface area contributed by atoms with Crippen molar-refractivity contribution < 1.29 is 8.42 Å². The first-order valence-corrected chi connectivity index (χ1v) is 10.8. The van der Waals surface area contributed by atoms with E-state index in [2.05, 4.69) is 23.6 Å². The van der Waals surface area contributed by atoms with Gasteiger partial charge in [-0.2, -0.15) is 0 Å².